The molecule has 0 aliphatic heterocycles. The van der Waals surface area contributed by atoms with Crippen molar-refractivity contribution in [2.75, 3.05) is 0 Å². The van der Waals surface area contributed by atoms with Crippen molar-refractivity contribution < 1.29 is 45.4 Å². The summed E-state index contributed by atoms with van der Waals surface area (Å²) in [5, 5.41) is 0. The standard InChI is InChI=1S/C6H7F3O2.C5H5F3O2/c1-3(2)6(10)11-5(9)4(7)8;1-2-3(9)10-5(8)4(6)7/h4-5H,1H2,2H3;2,4-5H,1H2. The molecule has 0 amide bonds. The topological polar surface area (TPSA) is 52.6 Å². The summed E-state index contributed by atoms with van der Waals surface area (Å²) in [6.45, 7) is 7.20. The molecule has 0 heterocycles. The highest BCUT2D eigenvalue weighted by atomic mass is 19.3. The number of hydrogen-bond acceptors (Lipinski definition) is 4. The molecule has 0 radical (unpaired) electrons. The van der Waals surface area contributed by atoms with Gasteiger partial charge in [-0.1, -0.05) is 13.2 Å². The number of rotatable bonds is 6. The molecular formula is C11H12F6O4. The lowest BCUT2D eigenvalue weighted by molar-refractivity contribution is -0.169. The van der Waals surface area contributed by atoms with Gasteiger partial charge >= 0.3 is 37.5 Å². The molecular weight excluding hydrogens is 310 g/mol. The summed E-state index contributed by atoms with van der Waals surface area (Å²) in [6, 6.07) is 0. The third-order valence-electron chi connectivity index (χ3n) is 1.36. The largest absolute Gasteiger partial charge is 0.422 e. The second-order valence-corrected chi connectivity index (χ2v) is 3.20. The van der Waals surface area contributed by atoms with Crippen molar-refractivity contribution in [1.82, 2.24) is 0 Å². The Bertz CT molecular complexity index is 372. The summed E-state index contributed by atoms with van der Waals surface area (Å²) in [7, 11) is 0. The van der Waals surface area contributed by atoms with E-state index in [1.807, 2.05) is 0 Å². The summed E-state index contributed by atoms with van der Waals surface area (Å²) in [5.41, 5.74) is -0.117. The Morgan fingerprint density at radius 1 is 0.952 bits per heavy atom. The van der Waals surface area contributed by atoms with E-state index in [1.165, 1.54) is 6.92 Å². The first-order valence-electron chi connectivity index (χ1n) is 5.06. The average molecular weight is 322 g/mol. The van der Waals surface area contributed by atoms with Gasteiger partial charge in [0.05, 0.1) is 0 Å². The average Bonchev–Trinajstić information content (AvgIpc) is 2.38. The minimum absolute atomic E-state index is 0.117. The quantitative estimate of drug-likeness (QED) is 0.429. The first-order chi connectivity index (χ1) is 9.52. The molecule has 0 aromatic carbocycles. The lowest BCUT2D eigenvalue weighted by Gasteiger charge is -2.07. The molecule has 0 N–H and O–H groups in total. The molecule has 0 aromatic heterocycles. The van der Waals surface area contributed by atoms with Crippen molar-refractivity contribution in [2.24, 2.45) is 0 Å². The van der Waals surface area contributed by atoms with E-state index in [4.69, 9.17) is 0 Å². The maximum Gasteiger partial charge on any atom is 0.335 e. The maximum absolute atomic E-state index is 11.9. The van der Waals surface area contributed by atoms with Crippen LogP contribution in [-0.4, -0.2) is 37.5 Å². The normalized spacial score (nSPS) is 12.8. The van der Waals surface area contributed by atoms with Crippen LogP contribution in [-0.2, 0) is 19.1 Å². The van der Waals surface area contributed by atoms with Crippen molar-refractivity contribution in [3.63, 3.8) is 0 Å². The van der Waals surface area contributed by atoms with Gasteiger partial charge in [-0.3, -0.25) is 0 Å². The Balaban J connectivity index is 0. The van der Waals surface area contributed by atoms with Gasteiger partial charge in [0, 0.05) is 11.6 Å². The lowest BCUT2D eigenvalue weighted by atomic mass is 10.4. The zero-order chi connectivity index (χ0) is 17.2. The molecule has 122 valence electrons. The number of halogens is 6. The van der Waals surface area contributed by atoms with Crippen LogP contribution in [0.25, 0.3) is 0 Å². The number of carbonyl (C=O) groups is 2. The van der Waals surface area contributed by atoms with Gasteiger partial charge in [0.1, 0.15) is 0 Å². The van der Waals surface area contributed by atoms with E-state index in [1.54, 1.807) is 0 Å². The maximum atomic E-state index is 11.9. The van der Waals surface area contributed by atoms with Crippen molar-refractivity contribution in [3.8, 4) is 0 Å². The molecule has 0 fully saturated rings. The second kappa shape index (κ2) is 10.7. The number of esters is 2. The van der Waals surface area contributed by atoms with Gasteiger partial charge in [-0.15, -0.1) is 0 Å². The minimum Gasteiger partial charge on any atom is -0.422 e. The van der Waals surface area contributed by atoms with Gasteiger partial charge in [0.15, 0.2) is 0 Å². The Morgan fingerprint density at radius 2 is 1.33 bits per heavy atom. The molecule has 0 aliphatic rings. The van der Waals surface area contributed by atoms with Crippen LogP contribution in [0.3, 0.4) is 0 Å². The number of ether oxygens (including phenoxy) is 2. The molecule has 0 saturated carbocycles. The van der Waals surface area contributed by atoms with E-state index >= 15 is 0 Å². The van der Waals surface area contributed by atoms with Crippen LogP contribution >= 0.6 is 0 Å². The Hall–Kier alpha value is -2.00. The molecule has 0 bridgehead atoms. The summed E-state index contributed by atoms with van der Waals surface area (Å²) in [6.07, 6.45) is -11.7. The summed E-state index contributed by atoms with van der Waals surface area (Å²) in [4.78, 5) is 20.4. The summed E-state index contributed by atoms with van der Waals surface area (Å²) >= 11 is 0. The van der Waals surface area contributed by atoms with E-state index in [-0.39, 0.29) is 5.57 Å². The Labute approximate surface area is 116 Å². The van der Waals surface area contributed by atoms with Crippen LogP contribution < -0.4 is 0 Å². The molecule has 0 aliphatic carbocycles. The predicted molar refractivity (Wildman–Crippen MR) is 59.0 cm³/mol. The van der Waals surface area contributed by atoms with Crippen LogP contribution in [0.5, 0.6) is 0 Å². The van der Waals surface area contributed by atoms with Crippen LogP contribution in [0, 0.1) is 0 Å². The summed E-state index contributed by atoms with van der Waals surface area (Å²) < 4.78 is 75.9. The zero-order valence-electron chi connectivity index (χ0n) is 10.7. The molecule has 2 atom stereocenters. The molecule has 4 nitrogen and oxygen atoms in total. The third-order valence-corrected chi connectivity index (χ3v) is 1.36. The van der Waals surface area contributed by atoms with Crippen LogP contribution in [0.15, 0.2) is 24.8 Å². The van der Waals surface area contributed by atoms with Crippen LogP contribution in [0.4, 0.5) is 26.3 Å². The first kappa shape index (κ1) is 21.3. The fraction of sp³-hybridized carbons (Fsp3) is 0.455. The fourth-order valence-corrected chi connectivity index (χ4v) is 0.465. The molecule has 0 aromatic rings. The highest BCUT2D eigenvalue weighted by Gasteiger charge is 2.23. The van der Waals surface area contributed by atoms with Gasteiger partial charge in [-0.25, -0.2) is 27.2 Å². The van der Waals surface area contributed by atoms with Crippen LogP contribution in [0.2, 0.25) is 0 Å². The van der Waals surface area contributed by atoms with E-state index in [0.717, 1.165) is 0 Å². The van der Waals surface area contributed by atoms with Crippen molar-refractivity contribution in [1.29, 1.82) is 0 Å². The Kier molecular flexibility index (Phi) is 10.9. The monoisotopic (exact) mass is 322 g/mol. The van der Waals surface area contributed by atoms with Crippen molar-refractivity contribution in [3.05, 3.63) is 24.8 Å². The molecule has 10 heteroatoms. The highest BCUT2D eigenvalue weighted by Crippen LogP contribution is 2.08. The molecule has 21 heavy (non-hydrogen) atoms. The number of carbonyl (C=O) groups excluding carboxylic acids is 2. The lowest BCUT2D eigenvalue weighted by Crippen LogP contribution is -2.20. The van der Waals surface area contributed by atoms with E-state index in [0.29, 0.717) is 6.08 Å². The molecule has 0 spiro atoms. The van der Waals surface area contributed by atoms with Gasteiger partial charge in [0.2, 0.25) is 0 Å². The van der Waals surface area contributed by atoms with Gasteiger partial charge in [-0.2, -0.15) is 8.78 Å². The van der Waals surface area contributed by atoms with E-state index in [2.05, 4.69) is 22.6 Å². The third kappa shape index (κ3) is 11.5. The van der Waals surface area contributed by atoms with E-state index < -0.39 is 37.5 Å². The summed E-state index contributed by atoms with van der Waals surface area (Å²) in [5.74, 6) is -2.36. The van der Waals surface area contributed by atoms with Gasteiger partial charge < -0.3 is 9.47 Å². The van der Waals surface area contributed by atoms with E-state index in [9.17, 15) is 35.9 Å². The second-order valence-electron chi connectivity index (χ2n) is 3.20. The van der Waals surface area contributed by atoms with Crippen LogP contribution in [0.1, 0.15) is 6.92 Å². The van der Waals surface area contributed by atoms with Gasteiger partial charge in [0.25, 0.3) is 0 Å². The highest BCUT2D eigenvalue weighted by molar-refractivity contribution is 5.87. The minimum atomic E-state index is -3.31. The van der Waals surface area contributed by atoms with Crippen molar-refractivity contribution >= 4 is 11.9 Å². The number of hydrogen-bond donors (Lipinski definition) is 0. The fourth-order valence-electron chi connectivity index (χ4n) is 0.465. The first-order valence-corrected chi connectivity index (χ1v) is 5.06. The zero-order valence-corrected chi connectivity index (χ0v) is 10.7. The number of alkyl halides is 6. The molecule has 2 unspecified atom stereocenters. The van der Waals surface area contributed by atoms with Crippen molar-refractivity contribution in [2.45, 2.75) is 32.5 Å². The predicted octanol–water partition coefficient (Wildman–Crippen LogP) is 2.94. The SMILES string of the molecule is C=C(C)C(=O)OC(F)C(F)F.C=CC(=O)OC(F)C(F)F. The van der Waals surface area contributed by atoms with Gasteiger partial charge in [-0.05, 0) is 6.92 Å². The smallest absolute Gasteiger partial charge is 0.335 e. The molecule has 0 rings (SSSR count). The molecule has 0 saturated heterocycles. The Morgan fingerprint density at radius 3 is 1.62 bits per heavy atom.